The summed E-state index contributed by atoms with van der Waals surface area (Å²) in [5.41, 5.74) is 3.62. The van der Waals surface area contributed by atoms with E-state index in [1.807, 2.05) is 13.8 Å². The molecule has 2 rings (SSSR count). The molecule has 1 aromatic heterocycles. The van der Waals surface area contributed by atoms with Gasteiger partial charge in [0.05, 0.1) is 5.56 Å². The fourth-order valence-corrected chi connectivity index (χ4v) is 3.00. The van der Waals surface area contributed by atoms with Crippen LogP contribution in [0.2, 0.25) is 0 Å². The summed E-state index contributed by atoms with van der Waals surface area (Å²) in [7, 11) is 0. The standard InChI is InChI=1S/C17H24F3N3O2/c1-11(2)8-14(16(21)25)23-10-12(4-7-22-5-3-6-22)13(9-15(23)24)17(18,19)20/h9-11,14H,3-8H2,1-2H3,(H2,21,25). The van der Waals surface area contributed by atoms with E-state index in [1.54, 1.807) is 0 Å². The maximum absolute atomic E-state index is 13.3. The fraction of sp³-hybridized carbons (Fsp3) is 0.647. The molecule has 8 heteroatoms. The Labute approximate surface area is 144 Å². The first-order valence-corrected chi connectivity index (χ1v) is 8.43. The molecule has 0 aromatic carbocycles. The molecule has 0 saturated carbocycles. The molecule has 1 unspecified atom stereocenters. The summed E-state index contributed by atoms with van der Waals surface area (Å²) in [6, 6.07) is -0.362. The van der Waals surface area contributed by atoms with Gasteiger partial charge in [-0.05, 0) is 43.8 Å². The summed E-state index contributed by atoms with van der Waals surface area (Å²) in [4.78, 5) is 26.0. The van der Waals surface area contributed by atoms with Crippen LogP contribution in [0.5, 0.6) is 0 Å². The molecule has 2 heterocycles. The van der Waals surface area contributed by atoms with Gasteiger partial charge in [-0.25, -0.2) is 0 Å². The average Bonchev–Trinajstić information content (AvgIpc) is 2.43. The molecule has 0 radical (unpaired) electrons. The molecule has 1 fully saturated rings. The van der Waals surface area contributed by atoms with Gasteiger partial charge in [0.15, 0.2) is 0 Å². The monoisotopic (exact) mass is 359 g/mol. The summed E-state index contributed by atoms with van der Waals surface area (Å²) in [5.74, 6) is -0.652. The summed E-state index contributed by atoms with van der Waals surface area (Å²) in [6.45, 7) is 5.95. The van der Waals surface area contributed by atoms with E-state index < -0.39 is 29.2 Å². The second kappa shape index (κ2) is 7.59. The summed E-state index contributed by atoms with van der Waals surface area (Å²) < 4.78 is 40.9. The predicted octanol–water partition coefficient (Wildman–Crippen LogP) is 2.19. The van der Waals surface area contributed by atoms with Crippen molar-refractivity contribution in [2.24, 2.45) is 11.7 Å². The number of likely N-dealkylation sites (tertiary alicyclic amines) is 1. The van der Waals surface area contributed by atoms with E-state index in [4.69, 9.17) is 5.73 Å². The van der Waals surface area contributed by atoms with Crippen LogP contribution in [0.3, 0.4) is 0 Å². The lowest BCUT2D eigenvalue weighted by Crippen LogP contribution is -2.39. The minimum Gasteiger partial charge on any atom is -0.368 e. The molecule has 1 aliphatic rings. The SMILES string of the molecule is CC(C)CC(C(N)=O)n1cc(CCN2CCC2)c(C(F)(F)F)cc1=O. The molecule has 1 atom stereocenters. The maximum Gasteiger partial charge on any atom is 0.416 e. The summed E-state index contributed by atoms with van der Waals surface area (Å²) >= 11 is 0. The van der Waals surface area contributed by atoms with Crippen LogP contribution in [0.4, 0.5) is 13.2 Å². The number of rotatable bonds is 7. The number of carbonyl (C=O) groups is 1. The van der Waals surface area contributed by atoms with Gasteiger partial charge in [0, 0.05) is 18.8 Å². The molecule has 0 aliphatic carbocycles. The number of pyridine rings is 1. The normalized spacial score (nSPS) is 16.7. The van der Waals surface area contributed by atoms with E-state index in [0.717, 1.165) is 24.1 Å². The van der Waals surface area contributed by atoms with Gasteiger partial charge in [0.2, 0.25) is 5.91 Å². The van der Waals surface area contributed by atoms with Crippen LogP contribution in [0.25, 0.3) is 0 Å². The number of carbonyl (C=O) groups excluding carboxylic acids is 1. The van der Waals surface area contributed by atoms with E-state index in [0.29, 0.717) is 19.0 Å². The van der Waals surface area contributed by atoms with Crippen LogP contribution >= 0.6 is 0 Å². The molecule has 1 amide bonds. The van der Waals surface area contributed by atoms with Crippen molar-refractivity contribution in [2.45, 2.75) is 45.3 Å². The zero-order valence-corrected chi connectivity index (χ0v) is 14.5. The number of hydrogen-bond acceptors (Lipinski definition) is 3. The van der Waals surface area contributed by atoms with Crippen LogP contribution in [-0.2, 0) is 17.4 Å². The van der Waals surface area contributed by atoms with Crippen LogP contribution in [-0.4, -0.2) is 35.0 Å². The number of amides is 1. The first kappa shape index (κ1) is 19.5. The molecule has 5 nitrogen and oxygen atoms in total. The Kier molecular flexibility index (Phi) is 5.92. The Hall–Kier alpha value is -1.83. The molecule has 2 N–H and O–H groups in total. The molecule has 1 saturated heterocycles. The number of hydrogen-bond donors (Lipinski definition) is 1. The Bertz CT molecular complexity index is 679. The topological polar surface area (TPSA) is 68.3 Å². The zero-order chi connectivity index (χ0) is 18.8. The lowest BCUT2D eigenvalue weighted by atomic mass is 10.0. The van der Waals surface area contributed by atoms with Gasteiger partial charge < -0.3 is 15.2 Å². The van der Waals surface area contributed by atoms with E-state index in [9.17, 15) is 22.8 Å². The van der Waals surface area contributed by atoms with Crippen molar-refractivity contribution in [3.8, 4) is 0 Å². The third-order valence-electron chi connectivity index (χ3n) is 4.47. The van der Waals surface area contributed by atoms with Gasteiger partial charge in [0.1, 0.15) is 6.04 Å². The molecular weight excluding hydrogens is 335 g/mol. The molecule has 25 heavy (non-hydrogen) atoms. The minimum atomic E-state index is -4.61. The van der Waals surface area contributed by atoms with Crippen molar-refractivity contribution >= 4 is 5.91 Å². The van der Waals surface area contributed by atoms with Crippen molar-refractivity contribution in [3.63, 3.8) is 0 Å². The highest BCUT2D eigenvalue weighted by Gasteiger charge is 2.35. The number of aromatic nitrogens is 1. The zero-order valence-electron chi connectivity index (χ0n) is 14.5. The van der Waals surface area contributed by atoms with Gasteiger partial charge >= 0.3 is 6.18 Å². The van der Waals surface area contributed by atoms with Crippen LogP contribution in [0, 0.1) is 5.92 Å². The molecule has 140 valence electrons. The Morgan fingerprint density at radius 1 is 1.32 bits per heavy atom. The van der Waals surface area contributed by atoms with Gasteiger partial charge in [-0.3, -0.25) is 9.59 Å². The molecular formula is C17H24F3N3O2. The summed E-state index contributed by atoms with van der Waals surface area (Å²) in [6.07, 6.45) is -1.93. The van der Waals surface area contributed by atoms with Gasteiger partial charge in [-0.15, -0.1) is 0 Å². The highest BCUT2D eigenvalue weighted by atomic mass is 19.4. The lowest BCUT2D eigenvalue weighted by molar-refractivity contribution is -0.138. The molecule has 1 aliphatic heterocycles. The van der Waals surface area contributed by atoms with Crippen molar-refractivity contribution < 1.29 is 18.0 Å². The predicted molar refractivity (Wildman–Crippen MR) is 88.2 cm³/mol. The number of nitrogens with zero attached hydrogens (tertiary/aromatic N) is 2. The minimum absolute atomic E-state index is 0.0222. The van der Waals surface area contributed by atoms with E-state index in [2.05, 4.69) is 4.90 Å². The van der Waals surface area contributed by atoms with Crippen LogP contribution < -0.4 is 11.3 Å². The van der Waals surface area contributed by atoms with Gasteiger partial charge in [-0.1, -0.05) is 13.8 Å². The highest BCUT2D eigenvalue weighted by Crippen LogP contribution is 2.32. The van der Waals surface area contributed by atoms with Gasteiger partial charge in [0.25, 0.3) is 5.56 Å². The Morgan fingerprint density at radius 3 is 2.40 bits per heavy atom. The molecule has 0 bridgehead atoms. The third-order valence-corrected chi connectivity index (χ3v) is 4.47. The molecule has 0 spiro atoms. The largest absolute Gasteiger partial charge is 0.416 e. The third kappa shape index (κ3) is 4.84. The van der Waals surface area contributed by atoms with E-state index >= 15 is 0 Å². The summed E-state index contributed by atoms with van der Waals surface area (Å²) in [5, 5.41) is 0. The van der Waals surface area contributed by atoms with Gasteiger partial charge in [-0.2, -0.15) is 13.2 Å². The fourth-order valence-electron chi connectivity index (χ4n) is 3.00. The second-order valence-corrected chi connectivity index (χ2v) is 6.95. The van der Waals surface area contributed by atoms with Crippen LogP contribution in [0.15, 0.2) is 17.1 Å². The first-order valence-electron chi connectivity index (χ1n) is 8.43. The first-order chi connectivity index (χ1) is 11.6. The second-order valence-electron chi connectivity index (χ2n) is 6.95. The van der Waals surface area contributed by atoms with E-state index in [-0.39, 0.29) is 17.9 Å². The van der Waals surface area contributed by atoms with Crippen molar-refractivity contribution in [1.82, 2.24) is 9.47 Å². The molecule has 1 aromatic rings. The number of halogens is 3. The Balaban J connectivity index is 2.42. The van der Waals surface area contributed by atoms with E-state index in [1.165, 1.54) is 6.20 Å². The highest BCUT2D eigenvalue weighted by molar-refractivity contribution is 5.78. The Morgan fingerprint density at radius 2 is 1.96 bits per heavy atom. The quantitative estimate of drug-likeness (QED) is 0.811. The van der Waals surface area contributed by atoms with Crippen molar-refractivity contribution in [2.75, 3.05) is 19.6 Å². The number of primary amides is 1. The lowest BCUT2D eigenvalue weighted by Gasteiger charge is -2.31. The van der Waals surface area contributed by atoms with Crippen LogP contribution in [0.1, 0.15) is 43.9 Å². The smallest absolute Gasteiger partial charge is 0.368 e. The average molecular weight is 359 g/mol. The van der Waals surface area contributed by atoms with Crippen molar-refractivity contribution in [1.29, 1.82) is 0 Å². The van der Waals surface area contributed by atoms with Crippen molar-refractivity contribution in [3.05, 3.63) is 33.7 Å². The maximum atomic E-state index is 13.3. The number of alkyl halides is 3. The number of nitrogens with two attached hydrogens (primary N) is 1.